The van der Waals surface area contributed by atoms with Gasteiger partial charge in [-0.1, -0.05) is 35.3 Å². The number of fused-ring (bicyclic) bond motifs is 3. The molecule has 0 aliphatic carbocycles. The van der Waals surface area contributed by atoms with Crippen molar-refractivity contribution >= 4 is 51.6 Å². The number of rotatable bonds is 1. The molecule has 24 heavy (non-hydrogen) atoms. The van der Waals surface area contributed by atoms with Crippen molar-refractivity contribution in [3.05, 3.63) is 69.3 Å². The standard InChI is InChI=1S/C18H10Cl2N2O2/c1-9-15-16(11-8-10(19)6-7-13(11)21-9)18(24)22(17(15)23)14-5-3-2-4-12(14)20/h2-8H,1H3. The summed E-state index contributed by atoms with van der Waals surface area (Å²) in [5.41, 5.74) is 2.12. The van der Waals surface area contributed by atoms with Crippen molar-refractivity contribution in [1.29, 1.82) is 0 Å². The van der Waals surface area contributed by atoms with Gasteiger partial charge in [0.1, 0.15) is 0 Å². The minimum absolute atomic E-state index is 0.301. The molecule has 0 radical (unpaired) electrons. The van der Waals surface area contributed by atoms with E-state index in [1.54, 1.807) is 49.4 Å². The number of carbonyl (C=O) groups excluding carboxylic acids is 2. The number of anilines is 1. The summed E-state index contributed by atoms with van der Waals surface area (Å²) in [5, 5.41) is 1.38. The zero-order chi connectivity index (χ0) is 17.0. The maximum Gasteiger partial charge on any atom is 0.268 e. The molecule has 0 spiro atoms. The Kier molecular flexibility index (Phi) is 3.34. The molecule has 2 amide bonds. The number of para-hydroxylation sites is 1. The summed E-state index contributed by atoms with van der Waals surface area (Å²) in [4.78, 5) is 31.4. The number of halogens is 2. The minimum Gasteiger partial charge on any atom is -0.268 e. The normalized spacial score (nSPS) is 13.7. The molecule has 0 N–H and O–H groups in total. The first kappa shape index (κ1) is 15.1. The van der Waals surface area contributed by atoms with E-state index in [9.17, 15) is 9.59 Å². The molecule has 0 saturated carbocycles. The van der Waals surface area contributed by atoms with Crippen LogP contribution in [-0.2, 0) is 0 Å². The van der Waals surface area contributed by atoms with Crippen LogP contribution in [0.2, 0.25) is 10.0 Å². The molecule has 2 aromatic carbocycles. The molecule has 3 aromatic rings. The van der Waals surface area contributed by atoms with Gasteiger partial charge in [-0.15, -0.1) is 0 Å². The molecule has 6 heteroatoms. The first-order chi connectivity index (χ1) is 11.5. The third-order valence-corrected chi connectivity index (χ3v) is 4.61. The second-order valence-electron chi connectivity index (χ2n) is 5.51. The average Bonchev–Trinajstić information content (AvgIpc) is 2.81. The van der Waals surface area contributed by atoms with Crippen molar-refractivity contribution in [2.45, 2.75) is 6.92 Å². The van der Waals surface area contributed by atoms with Crippen LogP contribution in [-0.4, -0.2) is 16.8 Å². The smallest absolute Gasteiger partial charge is 0.268 e. The number of imide groups is 1. The summed E-state index contributed by atoms with van der Waals surface area (Å²) < 4.78 is 0. The number of amides is 2. The van der Waals surface area contributed by atoms with E-state index in [-0.39, 0.29) is 0 Å². The predicted octanol–water partition coefficient (Wildman–Crippen LogP) is 4.65. The van der Waals surface area contributed by atoms with Crippen molar-refractivity contribution in [2.75, 3.05) is 4.90 Å². The number of aryl methyl sites for hydroxylation is 1. The number of hydrogen-bond donors (Lipinski definition) is 0. The van der Waals surface area contributed by atoms with Crippen LogP contribution in [0.25, 0.3) is 10.9 Å². The Morgan fingerprint density at radius 1 is 0.958 bits per heavy atom. The molecule has 118 valence electrons. The number of pyridine rings is 1. The van der Waals surface area contributed by atoms with Crippen molar-refractivity contribution in [1.82, 2.24) is 4.98 Å². The van der Waals surface area contributed by atoms with Crippen molar-refractivity contribution < 1.29 is 9.59 Å². The average molecular weight is 357 g/mol. The van der Waals surface area contributed by atoms with Crippen molar-refractivity contribution in [2.24, 2.45) is 0 Å². The summed E-state index contributed by atoms with van der Waals surface area (Å²) in [5.74, 6) is -0.837. The lowest BCUT2D eigenvalue weighted by atomic mass is 10.0. The Bertz CT molecular complexity index is 1050. The van der Waals surface area contributed by atoms with Crippen LogP contribution in [0, 0.1) is 6.92 Å². The number of benzene rings is 2. The largest absolute Gasteiger partial charge is 0.268 e. The number of aromatic nitrogens is 1. The van der Waals surface area contributed by atoms with Gasteiger partial charge in [0.15, 0.2) is 0 Å². The molecule has 4 nitrogen and oxygen atoms in total. The van der Waals surface area contributed by atoms with E-state index >= 15 is 0 Å². The van der Waals surface area contributed by atoms with Crippen LogP contribution in [0.1, 0.15) is 26.4 Å². The second kappa shape index (κ2) is 5.30. The summed E-state index contributed by atoms with van der Waals surface area (Å²) in [6, 6.07) is 11.8. The monoisotopic (exact) mass is 356 g/mol. The first-order valence-electron chi connectivity index (χ1n) is 7.22. The number of hydrogen-bond acceptors (Lipinski definition) is 3. The zero-order valence-electron chi connectivity index (χ0n) is 12.5. The minimum atomic E-state index is -0.421. The van der Waals surface area contributed by atoms with Gasteiger partial charge in [-0.05, 0) is 37.3 Å². The highest BCUT2D eigenvalue weighted by atomic mass is 35.5. The van der Waals surface area contributed by atoms with Crippen LogP contribution in [0.15, 0.2) is 42.5 Å². The molecular formula is C18H10Cl2N2O2. The van der Waals surface area contributed by atoms with Crippen LogP contribution < -0.4 is 4.90 Å². The quantitative estimate of drug-likeness (QED) is 0.596. The van der Waals surface area contributed by atoms with E-state index in [2.05, 4.69) is 4.98 Å². The summed E-state index contributed by atoms with van der Waals surface area (Å²) in [6.45, 7) is 1.72. The third-order valence-electron chi connectivity index (χ3n) is 4.06. The van der Waals surface area contributed by atoms with Crippen molar-refractivity contribution in [3.63, 3.8) is 0 Å². The van der Waals surface area contributed by atoms with Crippen LogP contribution in [0.5, 0.6) is 0 Å². The molecule has 1 aromatic heterocycles. The molecule has 0 saturated heterocycles. The van der Waals surface area contributed by atoms with E-state index in [0.29, 0.717) is 43.5 Å². The fraction of sp³-hybridized carbons (Fsp3) is 0.0556. The van der Waals surface area contributed by atoms with Gasteiger partial charge in [0, 0.05) is 10.4 Å². The Labute approximate surface area is 147 Å². The molecular weight excluding hydrogens is 347 g/mol. The van der Waals surface area contributed by atoms with Gasteiger partial charge in [0.2, 0.25) is 0 Å². The van der Waals surface area contributed by atoms with Gasteiger partial charge in [0.25, 0.3) is 11.8 Å². The van der Waals surface area contributed by atoms with Gasteiger partial charge in [-0.3, -0.25) is 14.6 Å². The lowest BCUT2D eigenvalue weighted by Gasteiger charge is -2.15. The Morgan fingerprint density at radius 3 is 2.42 bits per heavy atom. The van der Waals surface area contributed by atoms with Gasteiger partial charge >= 0.3 is 0 Å². The SMILES string of the molecule is Cc1nc2ccc(Cl)cc2c2c1C(=O)N(c1ccccc1Cl)C2=O. The summed E-state index contributed by atoms with van der Waals surface area (Å²) in [7, 11) is 0. The van der Waals surface area contributed by atoms with Gasteiger partial charge < -0.3 is 0 Å². The topological polar surface area (TPSA) is 50.3 Å². The highest BCUT2D eigenvalue weighted by Gasteiger charge is 2.40. The number of carbonyl (C=O) groups is 2. The third kappa shape index (κ3) is 2.04. The first-order valence-corrected chi connectivity index (χ1v) is 7.98. The lowest BCUT2D eigenvalue weighted by molar-refractivity contribution is 0.0926. The summed E-state index contributed by atoms with van der Waals surface area (Å²) >= 11 is 12.2. The molecule has 1 aliphatic rings. The molecule has 2 heterocycles. The predicted molar refractivity (Wildman–Crippen MR) is 94.1 cm³/mol. The van der Waals surface area contributed by atoms with Crippen LogP contribution in [0.3, 0.4) is 0 Å². The maximum atomic E-state index is 13.0. The van der Waals surface area contributed by atoms with Crippen LogP contribution >= 0.6 is 23.2 Å². The van der Waals surface area contributed by atoms with Crippen molar-refractivity contribution in [3.8, 4) is 0 Å². The Morgan fingerprint density at radius 2 is 1.67 bits per heavy atom. The van der Waals surface area contributed by atoms with Crippen LogP contribution in [0.4, 0.5) is 5.69 Å². The zero-order valence-corrected chi connectivity index (χ0v) is 14.0. The van der Waals surface area contributed by atoms with E-state index in [1.807, 2.05) is 0 Å². The number of nitrogens with zero attached hydrogens (tertiary/aromatic N) is 2. The Hall–Kier alpha value is -2.43. The molecule has 1 aliphatic heterocycles. The second-order valence-corrected chi connectivity index (χ2v) is 6.35. The van der Waals surface area contributed by atoms with Gasteiger partial charge in [0.05, 0.1) is 33.0 Å². The fourth-order valence-corrected chi connectivity index (χ4v) is 3.40. The van der Waals surface area contributed by atoms with Gasteiger partial charge in [-0.25, -0.2) is 4.90 Å². The molecule has 0 bridgehead atoms. The molecule has 0 atom stereocenters. The van der Waals surface area contributed by atoms with Gasteiger partial charge in [-0.2, -0.15) is 0 Å². The molecule has 4 rings (SSSR count). The maximum absolute atomic E-state index is 13.0. The Balaban J connectivity index is 2.03. The fourth-order valence-electron chi connectivity index (χ4n) is 3.01. The van der Waals surface area contributed by atoms with E-state index < -0.39 is 11.8 Å². The molecule has 0 fully saturated rings. The summed E-state index contributed by atoms with van der Waals surface area (Å²) in [6.07, 6.45) is 0. The van der Waals surface area contributed by atoms with E-state index in [1.165, 1.54) is 0 Å². The highest BCUT2D eigenvalue weighted by molar-refractivity contribution is 6.42. The highest BCUT2D eigenvalue weighted by Crippen LogP contribution is 2.37. The van der Waals surface area contributed by atoms with E-state index in [4.69, 9.17) is 23.2 Å². The van der Waals surface area contributed by atoms with E-state index in [0.717, 1.165) is 4.90 Å². The molecule has 0 unspecified atom stereocenters. The lowest BCUT2D eigenvalue weighted by Crippen LogP contribution is -2.29.